The van der Waals surface area contributed by atoms with Gasteiger partial charge in [0.15, 0.2) is 0 Å². The number of fused-ring (bicyclic) bond motifs is 1. The first-order valence-electron chi connectivity index (χ1n) is 5.73. The molecule has 2 fully saturated rings. The topological polar surface area (TPSA) is 15.3 Å². The van der Waals surface area contributed by atoms with Crippen molar-refractivity contribution in [3.8, 4) is 0 Å². The predicted octanol–water partition coefficient (Wildman–Crippen LogP) is 1.82. The summed E-state index contributed by atoms with van der Waals surface area (Å²) >= 11 is 0. The maximum Gasteiger partial charge on any atom is 0.0713 e. The van der Waals surface area contributed by atoms with E-state index in [1.807, 2.05) is 0 Å². The smallest absolute Gasteiger partial charge is 0.0713 e. The van der Waals surface area contributed by atoms with Crippen LogP contribution >= 0.6 is 0 Å². The van der Waals surface area contributed by atoms with Crippen molar-refractivity contribution in [2.75, 3.05) is 19.6 Å². The van der Waals surface area contributed by atoms with Gasteiger partial charge in [-0.1, -0.05) is 13.8 Å². The highest BCUT2D eigenvalue weighted by Gasteiger charge is 2.43. The number of hydrogen-bond donors (Lipinski definition) is 1. The Kier molecular flexibility index (Phi) is 2.61. The van der Waals surface area contributed by atoms with Crippen LogP contribution in [0.2, 0.25) is 0 Å². The molecule has 0 amide bonds. The number of nitrogens with one attached hydrogen (secondary N) is 1. The SMILES string of the molecule is CC(C)CCC12CCCN1CCN2. The summed E-state index contributed by atoms with van der Waals surface area (Å²) in [5.41, 5.74) is 0.421. The van der Waals surface area contributed by atoms with E-state index < -0.39 is 0 Å². The van der Waals surface area contributed by atoms with Crippen LogP contribution in [-0.4, -0.2) is 30.2 Å². The molecule has 0 aromatic heterocycles. The lowest BCUT2D eigenvalue weighted by molar-refractivity contribution is 0.151. The molecule has 2 nitrogen and oxygen atoms in total. The molecule has 0 aromatic carbocycles. The average Bonchev–Trinajstić information content (AvgIpc) is 2.57. The van der Waals surface area contributed by atoms with Crippen LogP contribution in [-0.2, 0) is 0 Å². The Morgan fingerprint density at radius 2 is 2.23 bits per heavy atom. The monoisotopic (exact) mass is 182 g/mol. The number of rotatable bonds is 3. The van der Waals surface area contributed by atoms with Crippen molar-refractivity contribution in [3.05, 3.63) is 0 Å². The van der Waals surface area contributed by atoms with Crippen molar-refractivity contribution in [3.63, 3.8) is 0 Å². The molecule has 2 aliphatic heterocycles. The lowest BCUT2D eigenvalue weighted by Gasteiger charge is -2.32. The van der Waals surface area contributed by atoms with E-state index in [1.54, 1.807) is 0 Å². The van der Waals surface area contributed by atoms with Crippen LogP contribution in [0.5, 0.6) is 0 Å². The molecule has 0 spiro atoms. The van der Waals surface area contributed by atoms with E-state index in [9.17, 15) is 0 Å². The molecular weight excluding hydrogens is 160 g/mol. The minimum Gasteiger partial charge on any atom is -0.298 e. The second kappa shape index (κ2) is 3.58. The Balaban J connectivity index is 1.93. The molecule has 1 atom stereocenters. The molecule has 2 saturated heterocycles. The summed E-state index contributed by atoms with van der Waals surface area (Å²) in [7, 11) is 0. The third-order valence-electron chi connectivity index (χ3n) is 3.59. The Morgan fingerprint density at radius 1 is 1.38 bits per heavy atom. The van der Waals surface area contributed by atoms with Gasteiger partial charge in [0.05, 0.1) is 5.66 Å². The van der Waals surface area contributed by atoms with Crippen molar-refractivity contribution < 1.29 is 0 Å². The Morgan fingerprint density at radius 3 is 3.00 bits per heavy atom. The van der Waals surface area contributed by atoms with Gasteiger partial charge in [-0.3, -0.25) is 10.2 Å². The summed E-state index contributed by atoms with van der Waals surface area (Å²) in [6.07, 6.45) is 5.49. The van der Waals surface area contributed by atoms with Gasteiger partial charge < -0.3 is 0 Å². The molecule has 0 radical (unpaired) electrons. The van der Waals surface area contributed by atoms with Gasteiger partial charge in [-0.05, 0) is 31.6 Å². The van der Waals surface area contributed by atoms with E-state index >= 15 is 0 Å². The van der Waals surface area contributed by atoms with E-state index in [4.69, 9.17) is 0 Å². The largest absolute Gasteiger partial charge is 0.298 e. The summed E-state index contributed by atoms with van der Waals surface area (Å²) < 4.78 is 0. The predicted molar refractivity (Wildman–Crippen MR) is 55.6 cm³/mol. The van der Waals surface area contributed by atoms with Crippen LogP contribution < -0.4 is 5.32 Å². The zero-order chi connectivity index (χ0) is 9.31. The maximum atomic E-state index is 3.71. The first-order valence-corrected chi connectivity index (χ1v) is 5.73. The van der Waals surface area contributed by atoms with Crippen molar-refractivity contribution in [1.29, 1.82) is 0 Å². The molecule has 0 saturated carbocycles. The summed E-state index contributed by atoms with van der Waals surface area (Å²) in [6.45, 7) is 8.46. The Bertz CT molecular complexity index is 167. The Labute approximate surface area is 81.7 Å². The van der Waals surface area contributed by atoms with Crippen LogP contribution in [0.25, 0.3) is 0 Å². The number of nitrogens with zero attached hydrogens (tertiary/aromatic N) is 1. The molecule has 0 bridgehead atoms. The third-order valence-corrected chi connectivity index (χ3v) is 3.59. The van der Waals surface area contributed by atoms with Gasteiger partial charge in [0.1, 0.15) is 0 Å². The molecule has 2 heteroatoms. The lowest BCUT2D eigenvalue weighted by atomic mass is 9.96. The molecule has 76 valence electrons. The second-order valence-corrected chi connectivity index (χ2v) is 4.98. The Hall–Kier alpha value is -0.0800. The zero-order valence-electron chi connectivity index (χ0n) is 8.97. The van der Waals surface area contributed by atoms with E-state index in [2.05, 4.69) is 24.1 Å². The molecule has 0 aromatic rings. The zero-order valence-corrected chi connectivity index (χ0v) is 8.97. The van der Waals surface area contributed by atoms with Gasteiger partial charge in [-0.2, -0.15) is 0 Å². The van der Waals surface area contributed by atoms with E-state index in [1.165, 1.54) is 45.3 Å². The maximum absolute atomic E-state index is 3.71. The molecule has 0 aliphatic carbocycles. The summed E-state index contributed by atoms with van der Waals surface area (Å²) in [5.74, 6) is 0.847. The molecule has 13 heavy (non-hydrogen) atoms. The van der Waals surface area contributed by atoms with Crippen molar-refractivity contribution in [2.24, 2.45) is 5.92 Å². The van der Waals surface area contributed by atoms with Gasteiger partial charge in [0, 0.05) is 19.6 Å². The van der Waals surface area contributed by atoms with Crippen molar-refractivity contribution in [2.45, 2.75) is 45.2 Å². The van der Waals surface area contributed by atoms with Crippen LogP contribution in [0.3, 0.4) is 0 Å². The van der Waals surface area contributed by atoms with Gasteiger partial charge >= 0.3 is 0 Å². The number of hydrogen-bond acceptors (Lipinski definition) is 2. The van der Waals surface area contributed by atoms with Gasteiger partial charge in [0.25, 0.3) is 0 Å². The molecule has 1 unspecified atom stereocenters. The van der Waals surface area contributed by atoms with Gasteiger partial charge in [-0.15, -0.1) is 0 Å². The highest BCUT2D eigenvalue weighted by molar-refractivity contribution is 4.98. The van der Waals surface area contributed by atoms with E-state index in [0.29, 0.717) is 5.66 Å². The fourth-order valence-corrected chi connectivity index (χ4v) is 2.78. The highest BCUT2D eigenvalue weighted by atomic mass is 15.4. The molecule has 2 aliphatic rings. The molecular formula is C11H22N2. The van der Waals surface area contributed by atoms with Gasteiger partial charge in [-0.25, -0.2) is 0 Å². The quantitative estimate of drug-likeness (QED) is 0.716. The van der Waals surface area contributed by atoms with E-state index in [-0.39, 0.29) is 0 Å². The summed E-state index contributed by atoms with van der Waals surface area (Å²) in [6, 6.07) is 0. The minimum atomic E-state index is 0.421. The van der Waals surface area contributed by atoms with Crippen LogP contribution in [0.4, 0.5) is 0 Å². The van der Waals surface area contributed by atoms with Crippen LogP contribution in [0, 0.1) is 5.92 Å². The van der Waals surface area contributed by atoms with Crippen molar-refractivity contribution in [1.82, 2.24) is 10.2 Å². The van der Waals surface area contributed by atoms with E-state index in [0.717, 1.165) is 5.92 Å². The first-order chi connectivity index (χ1) is 6.23. The minimum absolute atomic E-state index is 0.421. The summed E-state index contributed by atoms with van der Waals surface area (Å²) in [4.78, 5) is 2.66. The molecule has 2 heterocycles. The lowest BCUT2D eigenvalue weighted by Crippen LogP contribution is -2.47. The highest BCUT2D eigenvalue weighted by Crippen LogP contribution is 2.34. The fraction of sp³-hybridized carbons (Fsp3) is 1.00. The van der Waals surface area contributed by atoms with Crippen molar-refractivity contribution >= 4 is 0 Å². The van der Waals surface area contributed by atoms with Crippen LogP contribution in [0.15, 0.2) is 0 Å². The first kappa shape index (κ1) is 9.47. The average molecular weight is 182 g/mol. The molecule has 1 N–H and O–H groups in total. The van der Waals surface area contributed by atoms with Crippen LogP contribution in [0.1, 0.15) is 39.5 Å². The summed E-state index contributed by atoms with van der Waals surface area (Å²) in [5, 5.41) is 3.71. The standard InChI is InChI=1S/C11H22N2/c1-10(2)4-6-11-5-3-8-13(11)9-7-12-11/h10,12H,3-9H2,1-2H3. The normalized spacial score (nSPS) is 34.4. The van der Waals surface area contributed by atoms with Gasteiger partial charge in [0.2, 0.25) is 0 Å². The fourth-order valence-electron chi connectivity index (χ4n) is 2.78. The second-order valence-electron chi connectivity index (χ2n) is 4.98. The third kappa shape index (κ3) is 1.75. The molecule has 2 rings (SSSR count).